The molecule has 0 aliphatic rings. The summed E-state index contributed by atoms with van der Waals surface area (Å²) in [5.41, 5.74) is 0.472. The summed E-state index contributed by atoms with van der Waals surface area (Å²) in [6.45, 7) is 2.56. The third-order valence-corrected chi connectivity index (χ3v) is 4.17. The summed E-state index contributed by atoms with van der Waals surface area (Å²) in [5.74, 6) is -0.333. The number of sulfonamides is 1. The predicted molar refractivity (Wildman–Crippen MR) is 82.7 cm³/mol. The van der Waals surface area contributed by atoms with Gasteiger partial charge in [0.2, 0.25) is 15.9 Å². The molecule has 0 spiro atoms. The smallest absolute Gasteiger partial charge is 0.243 e. The fraction of sp³-hybridized carbons (Fsp3) is 0.500. The number of methoxy groups -OCH3 is 1. The molecule has 0 heterocycles. The monoisotopic (exact) mass is 314 g/mol. The highest BCUT2D eigenvalue weighted by Gasteiger charge is 2.28. The SMILES string of the molecule is COCCCNC(=O)C(C)N(c1ccccc1)S(C)(=O)=O. The fourth-order valence-corrected chi connectivity index (χ4v) is 3.13. The lowest BCUT2D eigenvalue weighted by atomic mass is 10.2. The van der Waals surface area contributed by atoms with E-state index >= 15 is 0 Å². The second kappa shape index (κ2) is 7.99. The summed E-state index contributed by atoms with van der Waals surface area (Å²) in [6, 6.07) is 7.77. The highest BCUT2D eigenvalue weighted by molar-refractivity contribution is 7.92. The second-order valence-electron chi connectivity index (χ2n) is 4.71. The number of rotatable bonds is 8. The number of amides is 1. The third kappa shape index (κ3) is 5.35. The van der Waals surface area contributed by atoms with E-state index in [1.54, 1.807) is 44.4 Å². The maximum absolute atomic E-state index is 12.1. The van der Waals surface area contributed by atoms with Crippen LogP contribution in [-0.4, -0.2) is 46.9 Å². The van der Waals surface area contributed by atoms with Gasteiger partial charge in [-0.25, -0.2) is 8.42 Å². The number of nitrogens with one attached hydrogen (secondary N) is 1. The van der Waals surface area contributed by atoms with Gasteiger partial charge >= 0.3 is 0 Å². The van der Waals surface area contributed by atoms with Crippen molar-refractivity contribution in [2.24, 2.45) is 0 Å². The topological polar surface area (TPSA) is 75.7 Å². The van der Waals surface area contributed by atoms with E-state index in [1.165, 1.54) is 0 Å². The van der Waals surface area contributed by atoms with Crippen molar-refractivity contribution in [1.29, 1.82) is 0 Å². The minimum absolute atomic E-state index is 0.333. The molecule has 0 radical (unpaired) electrons. The Kier molecular flexibility index (Phi) is 6.64. The Balaban J connectivity index is 2.83. The van der Waals surface area contributed by atoms with Gasteiger partial charge in [0.25, 0.3) is 0 Å². The van der Waals surface area contributed by atoms with Crippen LogP contribution in [0.15, 0.2) is 30.3 Å². The first-order valence-electron chi connectivity index (χ1n) is 6.69. The number of anilines is 1. The van der Waals surface area contributed by atoms with Gasteiger partial charge in [0, 0.05) is 20.3 Å². The number of carbonyl (C=O) groups excluding carboxylic acids is 1. The molecular weight excluding hydrogens is 292 g/mol. The molecule has 6 nitrogen and oxygen atoms in total. The summed E-state index contributed by atoms with van der Waals surface area (Å²) in [4.78, 5) is 12.1. The second-order valence-corrected chi connectivity index (χ2v) is 6.57. The predicted octanol–water partition coefficient (Wildman–Crippen LogP) is 0.994. The maximum atomic E-state index is 12.1. The lowest BCUT2D eigenvalue weighted by molar-refractivity contribution is -0.121. The summed E-state index contributed by atoms with van der Waals surface area (Å²) in [5, 5.41) is 2.71. The Hall–Kier alpha value is -1.60. The number of ether oxygens (including phenoxy) is 1. The van der Waals surface area contributed by atoms with Gasteiger partial charge in [0.15, 0.2) is 0 Å². The minimum Gasteiger partial charge on any atom is -0.385 e. The van der Waals surface area contributed by atoms with E-state index in [0.29, 0.717) is 25.3 Å². The zero-order chi connectivity index (χ0) is 15.9. The minimum atomic E-state index is -3.55. The molecule has 0 saturated carbocycles. The van der Waals surface area contributed by atoms with Crippen molar-refractivity contribution < 1.29 is 17.9 Å². The molecule has 1 unspecified atom stereocenters. The number of carbonyl (C=O) groups is 1. The zero-order valence-electron chi connectivity index (χ0n) is 12.6. The van der Waals surface area contributed by atoms with Crippen LogP contribution >= 0.6 is 0 Å². The lowest BCUT2D eigenvalue weighted by Gasteiger charge is -2.28. The van der Waals surface area contributed by atoms with Crippen LogP contribution in [0.25, 0.3) is 0 Å². The number of nitrogens with zero attached hydrogens (tertiary/aromatic N) is 1. The highest BCUT2D eigenvalue weighted by Crippen LogP contribution is 2.20. The van der Waals surface area contributed by atoms with Crippen molar-refractivity contribution in [2.75, 3.05) is 30.8 Å². The zero-order valence-corrected chi connectivity index (χ0v) is 13.4. The Labute approximate surface area is 126 Å². The third-order valence-electron chi connectivity index (χ3n) is 2.92. The molecule has 118 valence electrons. The number of para-hydroxylation sites is 1. The summed E-state index contributed by atoms with van der Waals surface area (Å²) >= 11 is 0. The Bertz CT molecular complexity index is 545. The van der Waals surface area contributed by atoms with E-state index in [0.717, 1.165) is 10.6 Å². The van der Waals surface area contributed by atoms with E-state index < -0.39 is 16.1 Å². The normalized spacial score (nSPS) is 12.7. The molecule has 0 saturated heterocycles. The molecule has 0 aliphatic carbocycles. The van der Waals surface area contributed by atoms with E-state index in [-0.39, 0.29) is 5.91 Å². The Morgan fingerprint density at radius 3 is 2.48 bits per heavy atom. The van der Waals surface area contributed by atoms with Crippen LogP contribution in [-0.2, 0) is 19.6 Å². The van der Waals surface area contributed by atoms with Crippen LogP contribution in [0.2, 0.25) is 0 Å². The van der Waals surface area contributed by atoms with Gasteiger partial charge in [-0.3, -0.25) is 9.10 Å². The van der Waals surface area contributed by atoms with Gasteiger partial charge in [-0.1, -0.05) is 18.2 Å². The molecule has 1 rings (SSSR count). The number of hydrogen-bond donors (Lipinski definition) is 1. The quantitative estimate of drug-likeness (QED) is 0.726. The van der Waals surface area contributed by atoms with Gasteiger partial charge in [-0.2, -0.15) is 0 Å². The van der Waals surface area contributed by atoms with E-state index in [2.05, 4.69) is 5.32 Å². The van der Waals surface area contributed by atoms with Crippen LogP contribution in [0.5, 0.6) is 0 Å². The molecule has 1 amide bonds. The van der Waals surface area contributed by atoms with Crippen molar-refractivity contribution in [1.82, 2.24) is 5.32 Å². The molecule has 7 heteroatoms. The summed E-state index contributed by atoms with van der Waals surface area (Å²) in [6.07, 6.45) is 1.77. The van der Waals surface area contributed by atoms with E-state index in [1.807, 2.05) is 0 Å². The van der Waals surface area contributed by atoms with Crippen molar-refractivity contribution in [2.45, 2.75) is 19.4 Å². The molecule has 0 aliphatic heterocycles. The first-order valence-corrected chi connectivity index (χ1v) is 8.54. The molecule has 21 heavy (non-hydrogen) atoms. The van der Waals surface area contributed by atoms with Crippen molar-refractivity contribution in [3.05, 3.63) is 30.3 Å². The van der Waals surface area contributed by atoms with Crippen molar-refractivity contribution in [3.63, 3.8) is 0 Å². The van der Waals surface area contributed by atoms with Crippen LogP contribution in [0, 0.1) is 0 Å². The molecule has 0 fully saturated rings. The highest BCUT2D eigenvalue weighted by atomic mass is 32.2. The van der Waals surface area contributed by atoms with Crippen molar-refractivity contribution in [3.8, 4) is 0 Å². The molecule has 1 atom stereocenters. The summed E-state index contributed by atoms with van der Waals surface area (Å²) < 4.78 is 30.0. The van der Waals surface area contributed by atoms with E-state index in [4.69, 9.17) is 4.74 Å². The van der Waals surface area contributed by atoms with Gasteiger partial charge in [0.1, 0.15) is 6.04 Å². The standard InChI is InChI=1S/C14H22N2O4S/c1-12(14(17)15-10-7-11-20-2)16(21(3,18)19)13-8-5-4-6-9-13/h4-6,8-9,12H,7,10-11H2,1-3H3,(H,15,17). The molecule has 1 aromatic rings. The number of hydrogen-bond acceptors (Lipinski definition) is 4. The molecule has 0 aromatic heterocycles. The number of benzene rings is 1. The Morgan fingerprint density at radius 2 is 1.95 bits per heavy atom. The molecule has 1 N–H and O–H groups in total. The van der Waals surface area contributed by atoms with Crippen LogP contribution in [0.1, 0.15) is 13.3 Å². The van der Waals surface area contributed by atoms with Crippen molar-refractivity contribution >= 4 is 21.6 Å². The van der Waals surface area contributed by atoms with Gasteiger partial charge < -0.3 is 10.1 Å². The van der Waals surface area contributed by atoms with Crippen LogP contribution in [0.3, 0.4) is 0 Å². The van der Waals surface area contributed by atoms with Gasteiger partial charge in [-0.05, 0) is 25.5 Å². The first kappa shape index (κ1) is 17.5. The first-order chi connectivity index (χ1) is 9.88. The summed E-state index contributed by atoms with van der Waals surface area (Å²) in [7, 11) is -1.96. The van der Waals surface area contributed by atoms with Gasteiger partial charge in [-0.15, -0.1) is 0 Å². The molecular formula is C14H22N2O4S. The molecule has 1 aromatic carbocycles. The average molecular weight is 314 g/mol. The van der Waals surface area contributed by atoms with Crippen LogP contribution < -0.4 is 9.62 Å². The largest absolute Gasteiger partial charge is 0.385 e. The van der Waals surface area contributed by atoms with E-state index in [9.17, 15) is 13.2 Å². The van der Waals surface area contributed by atoms with Crippen LogP contribution in [0.4, 0.5) is 5.69 Å². The molecule has 0 bridgehead atoms. The average Bonchev–Trinajstić information content (AvgIpc) is 2.43. The fourth-order valence-electron chi connectivity index (χ4n) is 1.96. The maximum Gasteiger partial charge on any atom is 0.243 e. The Morgan fingerprint density at radius 1 is 1.33 bits per heavy atom. The lowest BCUT2D eigenvalue weighted by Crippen LogP contribution is -2.48. The van der Waals surface area contributed by atoms with Gasteiger partial charge in [0.05, 0.1) is 11.9 Å².